The van der Waals surface area contributed by atoms with E-state index >= 15 is 0 Å². The molecule has 2 aromatic carbocycles. The Balaban J connectivity index is 1.89. The van der Waals surface area contributed by atoms with Gasteiger partial charge in [-0.1, -0.05) is 61.6 Å². The lowest BCUT2D eigenvalue weighted by atomic mass is 9.93. The molecule has 3 aromatic rings. The zero-order valence-corrected chi connectivity index (χ0v) is 20.8. The van der Waals surface area contributed by atoms with Crippen molar-refractivity contribution in [2.45, 2.75) is 39.7 Å². The first-order valence-electron chi connectivity index (χ1n) is 11.3. The molecule has 7 nitrogen and oxygen atoms in total. The van der Waals surface area contributed by atoms with Crippen molar-refractivity contribution in [3.63, 3.8) is 0 Å². The van der Waals surface area contributed by atoms with Gasteiger partial charge in [-0.15, -0.1) is 0 Å². The van der Waals surface area contributed by atoms with Crippen LogP contribution in [0.25, 0.3) is 6.08 Å². The molecule has 1 aliphatic rings. The molecule has 35 heavy (non-hydrogen) atoms. The molecule has 8 heteroatoms. The van der Waals surface area contributed by atoms with E-state index in [0.29, 0.717) is 32.1 Å². The number of thiazole rings is 1. The summed E-state index contributed by atoms with van der Waals surface area (Å²) in [6.07, 6.45) is 1.71. The lowest BCUT2D eigenvalue weighted by molar-refractivity contribution is -0.139. The molecule has 1 aromatic heterocycles. The molecule has 1 aliphatic heterocycles. The Morgan fingerprint density at radius 1 is 1.14 bits per heavy atom. The molecule has 1 atom stereocenters. The van der Waals surface area contributed by atoms with Crippen LogP contribution < -0.4 is 14.9 Å². The monoisotopic (exact) mass is 490 g/mol. The maximum absolute atomic E-state index is 13.6. The van der Waals surface area contributed by atoms with E-state index in [-0.39, 0.29) is 17.7 Å². The number of nitrogens with zero attached hydrogens (tertiary/aromatic N) is 2. The van der Waals surface area contributed by atoms with Crippen molar-refractivity contribution in [3.8, 4) is 0 Å². The van der Waals surface area contributed by atoms with E-state index in [9.17, 15) is 14.4 Å². The first kappa shape index (κ1) is 24.3. The Morgan fingerprint density at radius 3 is 2.37 bits per heavy atom. The Hall–Kier alpha value is -3.78. The lowest BCUT2D eigenvalue weighted by Gasteiger charge is -2.25. The van der Waals surface area contributed by atoms with Crippen molar-refractivity contribution in [2.75, 3.05) is 6.61 Å². The van der Waals surface area contributed by atoms with Gasteiger partial charge in [-0.05, 0) is 54.7 Å². The number of fused-ring (bicyclic) bond motifs is 1. The smallest absolute Gasteiger partial charge is 0.338 e. The highest BCUT2D eigenvalue weighted by molar-refractivity contribution is 7.07. The van der Waals surface area contributed by atoms with Crippen LogP contribution in [0.5, 0.6) is 0 Å². The Kier molecular flexibility index (Phi) is 6.84. The first-order chi connectivity index (χ1) is 16.7. The molecule has 1 N–H and O–H groups in total. The van der Waals surface area contributed by atoms with Gasteiger partial charge >= 0.3 is 11.9 Å². The highest BCUT2D eigenvalue weighted by Crippen LogP contribution is 2.31. The van der Waals surface area contributed by atoms with Crippen molar-refractivity contribution in [3.05, 3.63) is 102 Å². The molecular formula is C27H26N2O5S. The molecular weight excluding hydrogens is 464 g/mol. The van der Waals surface area contributed by atoms with E-state index in [4.69, 9.17) is 9.84 Å². The van der Waals surface area contributed by atoms with Crippen LogP contribution in [0, 0.1) is 0 Å². The van der Waals surface area contributed by atoms with Gasteiger partial charge in [0.25, 0.3) is 5.56 Å². The Labute approximate surface area is 206 Å². The maximum Gasteiger partial charge on any atom is 0.338 e. The minimum Gasteiger partial charge on any atom is -0.478 e. The van der Waals surface area contributed by atoms with Crippen LogP contribution in [-0.2, 0) is 9.53 Å². The van der Waals surface area contributed by atoms with Crippen molar-refractivity contribution in [2.24, 2.45) is 4.99 Å². The number of aromatic carboxylic acids is 1. The minimum atomic E-state index is -1.01. The first-order valence-corrected chi connectivity index (χ1v) is 12.2. The van der Waals surface area contributed by atoms with Crippen molar-refractivity contribution < 1.29 is 19.4 Å². The van der Waals surface area contributed by atoms with Gasteiger partial charge in [-0.2, -0.15) is 0 Å². The number of carboxylic acids is 1. The molecule has 0 fully saturated rings. The molecule has 4 rings (SSSR count). The molecule has 0 saturated carbocycles. The summed E-state index contributed by atoms with van der Waals surface area (Å²) in [5.74, 6) is -1.16. The molecule has 2 heterocycles. The number of allylic oxidation sites excluding steroid dienone is 1. The number of hydrogen-bond acceptors (Lipinski definition) is 6. The van der Waals surface area contributed by atoms with Gasteiger partial charge in [0.05, 0.1) is 34.0 Å². The number of aromatic nitrogens is 1. The fourth-order valence-corrected chi connectivity index (χ4v) is 5.09. The number of carboxylic acid groups (broad SMARTS) is 1. The number of benzene rings is 2. The van der Waals surface area contributed by atoms with E-state index in [2.05, 4.69) is 18.8 Å². The Bertz CT molecular complexity index is 1490. The van der Waals surface area contributed by atoms with Gasteiger partial charge in [0.15, 0.2) is 4.80 Å². The highest BCUT2D eigenvalue weighted by Gasteiger charge is 2.33. The number of carbonyl (C=O) groups is 2. The molecule has 0 radical (unpaired) electrons. The van der Waals surface area contributed by atoms with Crippen LogP contribution >= 0.6 is 11.3 Å². The maximum atomic E-state index is 13.6. The van der Waals surface area contributed by atoms with Gasteiger partial charge in [-0.25, -0.2) is 14.6 Å². The molecule has 0 saturated heterocycles. The second-order valence-corrected chi connectivity index (χ2v) is 9.56. The second kappa shape index (κ2) is 9.84. The molecule has 0 aliphatic carbocycles. The standard InChI is InChI=1S/C27H26N2O5S/c1-5-34-26(33)22-16(4)28-27-29(23(22)19-12-10-18(11-13-19)15(2)3)24(30)21(35-27)14-17-6-8-20(9-7-17)25(31)32/h6-15,23H,5H2,1-4H3,(H,31,32)/b21-14+. The van der Waals surface area contributed by atoms with Crippen LogP contribution in [0.2, 0.25) is 0 Å². The van der Waals surface area contributed by atoms with Crippen molar-refractivity contribution >= 4 is 29.4 Å². The van der Waals surface area contributed by atoms with E-state index in [1.165, 1.54) is 23.5 Å². The number of ether oxygens (including phenoxy) is 1. The third kappa shape index (κ3) is 4.74. The average Bonchev–Trinajstić information content (AvgIpc) is 3.13. The summed E-state index contributed by atoms with van der Waals surface area (Å²) in [5.41, 5.74) is 3.40. The topological polar surface area (TPSA) is 98.0 Å². The Morgan fingerprint density at radius 2 is 1.80 bits per heavy atom. The molecule has 1 unspecified atom stereocenters. The van der Waals surface area contributed by atoms with Gasteiger partial charge in [0.1, 0.15) is 0 Å². The predicted octanol–water partition coefficient (Wildman–Crippen LogP) is 3.62. The average molecular weight is 491 g/mol. The molecule has 180 valence electrons. The molecule has 0 bridgehead atoms. The third-order valence-corrected chi connectivity index (χ3v) is 6.87. The van der Waals surface area contributed by atoms with E-state index in [0.717, 1.165) is 11.1 Å². The van der Waals surface area contributed by atoms with Crippen LogP contribution in [0.1, 0.15) is 66.7 Å². The second-order valence-electron chi connectivity index (χ2n) is 8.55. The summed E-state index contributed by atoms with van der Waals surface area (Å²) in [7, 11) is 0. The fraction of sp³-hybridized carbons (Fsp3) is 0.259. The summed E-state index contributed by atoms with van der Waals surface area (Å²) in [4.78, 5) is 42.8. The number of hydrogen-bond donors (Lipinski definition) is 1. The normalized spacial score (nSPS) is 15.7. The number of esters is 1. The summed E-state index contributed by atoms with van der Waals surface area (Å²) in [6.45, 7) is 7.92. The summed E-state index contributed by atoms with van der Waals surface area (Å²) in [6, 6.07) is 13.5. The summed E-state index contributed by atoms with van der Waals surface area (Å²) in [5, 5.41) is 9.12. The van der Waals surface area contributed by atoms with Gasteiger partial charge in [0, 0.05) is 0 Å². The van der Waals surface area contributed by atoms with E-state index < -0.39 is 18.0 Å². The van der Waals surface area contributed by atoms with Crippen molar-refractivity contribution in [1.82, 2.24) is 4.57 Å². The zero-order valence-electron chi connectivity index (χ0n) is 19.9. The quantitative estimate of drug-likeness (QED) is 0.532. The van der Waals surface area contributed by atoms with Crippen LogP contribution in [0.15, 0.2) is 69.6 Å². The lowest BCUT2D eigenvalue weighted by Crippen LogP contribution is -2.39. The van der Waals surface area contributed by atoms with E-state index in [1.807, 2.05) is 24.3 Å². The predicted molar refractivity (Wildman–Crippen MR) is 134 cm³/mol. The summed E-state index contributed by atoms with van der Waals surface area (Å²) >= 11 is 1.23. The van der Waals surface area contributed by atoms with Gasteiger partial charge < -0.3 is 9.84 Å². The minimum absolute atomic E-state index is 0.170. The fourth-order valence-electron chi connectivity index (χ4n) is 4.04. The summed E-state index contributed by atoms with van der Waals surface area (Å²) < 4.78 is 7.31. The van der Waals surface area contributed by atoms with Gasteiger partial charge in [-0.3, -0.25) is 9.36 Å². The van der Waals surface area contributed by atoms with Crippen LogP contribution in [0.4, 0.5) is 0 Å². The highest BCUT2D eigenvalue weighted by atomic mass is 32.1. The number of carbonyl (C=O) groups excluding carboxylic acids is 1. The molecule has 0 spiro atoms. The van der Waals surface area contributed by atoms with Gasteiger partial charge in [0.2, 0.25) is 0 Å². The van der Waals surface area contributed by atoms with E-state index in [1.54, 1.807) is 36.6 Å². The zero-order chi connectivity index (χ0) is 25.3. The van der Waals surface area contributed by atoms with Crippen molar-refractivity contribution in [1.29, 1.82) is 0 Å². The van der Waals surface area contributed by atoms with Crippen LogP contribution in [0.3, 0.4) is 0 Å². The number of rotatable bonds is 6. The SMILES string of the molecule is CCOC(=O)C1=C(C)N=c2s/c(=C/c3ccc(C(=O)O)cc3)c(=O)n2C1c1ccc(C(C)C)cc1. The largest absolute Gasteiger partial charge is 0.478 e. The molecule has 0 amide bonds. The third-order valence-electron chi connectivity index (χ3n) is 5.89. The van der Waals surface area contributed by atoms with Crippen LogP contribution in [-0.4, -0.2) is 28.2 Å².